The largest absolute Gasteiger partial charge is 0.314 e. The summed E-state index contributed by atoms with van der Waals surface area (Å²) in [6, 6.07) is 2.71. The molecule has 1 N–H and O–H groups in total. The molecule has 2 heterocycles. The third-order valence-electron chi connectivity index (χ3n) is 3.13. The van der Waals surface area contributed by atoms with E-state index in [9.17, 15) is 0 Å². The maximum absolute atomic E-state index is 4.08. The molecule has 1 atom stereocenters. The van der Waals surface area contributed by atoms with Gasteiger partial charge in [0.2, 0.25) is 0 Å². The molecule has 0 aromatic carbocycles. The van der Waals surface area contributed by atoms with Crippen LogP contribution in [0.15, 0.2) is 26.5 Å². The molecule has 0 aliphatic carbocycles. The molecule has 116 valence electrons. The Morgan fingerprint density at radius 1 is 1.40 bits per heavy atom. The first-order chi connectivity index (χ1) is 8.58. The number of rotatable bonds is 4. The van der Waals surface area contributed by atoms with E-state index in [1.54, 1.807) is 0 Å². The van der Waals surface area contributed by atoms with Gasteiger partial charge in [-0.1, -0.05) is 5.57 Å². The van der Waals surface area contributed by atoms with Crippen molar-refractivity contribution in [2.24, 2.45) is 0 Å². The first-order valence-corrected chi connectivity index (χ1v) is 8.52. The summed E-state index contributed by atoms with van der Waals surface area (Å²) in [5, 5.41) is 3.41. The predicted molar refractivity (Wildman–Crippen MR) is 101 cm³/mol. The Labute approximate surface area is 154 Å². The van der Waals surface area contributed by atoms with Gasteiger partial charge >= 0.3 is 0 Å². The first-order valence-electron chi connectivity index (χ1n) is 6.12. The third-order valence-corrected chi connectivity index (χ3v) is 6.48. The minimum absolute atomic E-state index is 0. The van der Waals surface area contributed by atoms with E-state index in [1.165, 1.54) is 14.2 Å². The van der Waals surface area contributed by atoms with Crippen LogP contribution in [0.2, 0.25) is 0 Å². The van der Waals surface area contributed by atoms with Crippen LogP contribution in [0.5, 0.6) is 0 Å². The van der Waals surface area contributed by atoms with Gasteiger partial charge in [-0.2, -0.15) is 0 Å². The van der Waals surface area contributed by atoms with Crippen molar-refractivity contribution in [3.63, 3.8) is 0 Å². The van der Waals surface area contributed by atoms with Gasteiger partial charge in [0.05, 0.1) is 3.79 Å². The highest BCUT2D eigenvalue weighted by atomic mass is 79.9. The fourth-order valence-electron chi connectivity index (χ4n) is 2.26. The lowest BCUT2D eigenvalue weighted by molar-refractivity contribution is 0.175. The summed E-state index contributed by atoms with van der Waals surface area (Å²) < 4.78 is 2.34. The van der Waals surface area contributed by atoms with Crippen LogP contribution < -0.4 is 5.32 Å². The van der Waals surface area contributed by atoms with Gasteiger partial charge in [0.1, 0.15) is 0 Å². The van der Waals surface area contributed by atoms with E-state index in [2.05, 4.69) is 61.6 Å². The Morgan fingerprint density at radius 3 is 2.45 bits per heavy atom. The van der Waals surface area contributed by atoms with Crippen LogP contribution in [0.3, 0.4) is 0 Å². The molecule has 1 aliphatic heterocycles. The number of nitrogens with zero attached hydrogens (tertiary/aromatic N) is 1. The Morgan fingerprint density at radius 2 is 2.00 bits per heavy atom. The Kier molecular flexibility index (Phi) is 10.3. The van der Waals surface area contributed by atoms with Crippen LogP contribution in [-0.4, -0.2) is 31.1 Å². The van der Waals surface area contributed by atoms with Crippen LogP contribution in [-0.2, 0) is 0 Å². The second-order valence-electron chi connectivity index (χ2n) is 4.73. The summed E-state index contributed by atoms with van der Waals surface area (Å²) in [6.45, 7) is 10.6. The highest BCUT2D eigenvalue weighted by molar-refractivity contribution is 9.13. The normalized spacial score (nSPS) is 16.9. The van der Waals surface area contributed by atoms with Gasteiger partial charge in [-0.05, 0) is 51.3 Å². The van der Waals surface area contributed by atoms with Crippen molar-refractivity contribution in [1.29, 1.82) is 0 Å². The van der Waals surface area contributed by atoms with Gasteiger partial charge in [-0.3, -0.25) is 4.90 Å². The lowest BCUT2D eigenvalue weighted by Crippen LogP contribution is -2.45. The molecule has 20 heavy (non-hydrogen) atoms. The molecule has 0 amide bonds. The molecule has 1 aromatic rings. The van der Waals surface area contributed by atoms with Crippen molar-refractivity contribution in [2.75, 3.05) is 26.2 Å². The van der Waals surface area contributed by atoms with Gasteiger partial charge in [0.15, 0.2) is 0 Å². The van der Waals surface area contributed by atoms with Gasteiger partial charge in [-0.25, -0.2) is 0 Å². The summed E-state index contributed by atoms with van der Waals surface area (Å²) in [5.41, 5.74) is 1.25. The van der Waals surface area contributed by atoms with Crippen molar-refractivity contribution in [2.45, 2.75) is 19.4 Å². The van der Waals surface area contributed by atoms with Crippen LogP contribution in [0.4, 0.5) is 0 Å². The SMILES string of the molecule is C=C(C)C[C@H](c1cc(Br)c(Br)s1)N1CCNCC1.Cl.Cl. The van der Waals surface area contributed by atoms with Crippen molar-refractivity contribution >= 4 is 68.0 Å². The number of hydrogen-bond acceptors (Lipinski definition) is 3. The topological polar surface area (TPSA) is 15.3 Å². The maximum atomic E-state index is 4.08. The smallest absolute Gasteiger partial charge is 0.0843 e. The molecule has 1 fully saturated rings. The molecule has 0 radical (unpaired) electrons. The highest BCUT2D eigenvalue weighted by Gasteiger charge is 2.24. The van der Waals surface area contributed by atoms with E-state index >= 15 is 0 Å². The maximum Gasteiger partial charge on any atom is 0.0843 e. The molecule has 0 spiro atoms. The summed E-state index contributed by atoms with van der Waals surface area (Å²) in [4.78, 5) is 3.98. The number of piperazine rings is 1. The molecule has 1 saturated heterocycles. The monoisotopic (exact) mass is 464 g/mol. The van der Waals surface area contributed by atoms with Crippen LogP contribution in [0, 0.1) is 0 Å². The average molecular weight is 467 g/mol. The Bertz CT molecular complexity index is 415. The number of hydrogen-bond donors (Lipinski definition) is 1. The van der Waals surface area contributed by atoms with E-state index in [1.807, 2.05) is 11.3 Å². The van der Waals surface area contributed by atoms with Gasteiger partial charge in [0.25, 0.3) is 0 Å². The zero-order valence-corrected chi connectivity index (χ0v) is 16.9. The minimum Gasteiger partial charge on any atom is -0.314 e. The molecule has 1 aromatic heterocycles. The summed E-state index contributed by atoms with van der Waals surface area (Å²) >= 11 is 9.00. The van der Waals surface area contributed by atoms with E-state index < -0.39 is 0 Å². The van der Waals surface area contributed by atoms with Gasteiger partial charge < -0.3 is 5.32 Å². The van der Waals surface area contributed by atoms with E-state index in [-0.39, 0.29) is 24.8 Å². The number of thiophene rings is 1. The molecular formula is C13H20Br2Cl2N2S. The quantitative estimate of drug-likeness (QED) is 0.626. The first kappa shape index (κ1) is 20.9. The third kappa shape index (κ3) is 5.59. The van der Waals surface area contributed by atoms with Crippen LogP contribution >= 0.6 is 68.0 Å². The lowest BCUT2D eigenvalue weighted by atomic mass is 10.0. The van der Waals surface area contributed by atoms with Crippen molar-refractivity contribution in [1.82, 2.24) is 10.2 Å². The van der Waals surface area contributed by atoms with Gasteiger partial charge in [-0.15, -0.1) is 42.7 Å². The average Bonchev–Trinajstić information content (AvgIpc) is 2.67. The van der Waals surface area contributed by atoms with E-state index in [4.69, 9.17) is 0 Å². The van der Waals surface area contributed by atoms with E-state index in [0.717, 1.165) is 37.1 Å². The van der Waals surface area contributed by atoms with Crippen molar-refractivity contribution in [3.8, 4) is 0 Å². The molecule has 0 bridgehead atoms. The molecule has 2 nitrogen and oxygen atoms in total. The molecule has 2 rings (SSSR count). The van der Waals surface area contributed by atoms with Gasteiger partial charge in [0, 0.05) is 41.6 Å². The van der Waals surface area contributed by atoms with Crippen molar-refractivity contribution < 1.29 is 0 Å². The predicted octanol–water partition coefficient (Wildman–Crippen LogP) is 5.03. The lowest BCUT2D eigenvalue weighted by Gasteiger charge is -2.34. The molecule has 7 heteroatoms. The van der Waals surface area contributed by atoms with Crippen LogP contribution in [0.1, 0.15) is 24.3 Å². The zero-order valence-electron chi connectivity index (χ0n) is 11.3. The summed E-state index contributed by atoms with van der Waals surface area (Å²) in [6.07, 6.45) is 1.04. The fourth-order valence-corrected chi connectivity index (χ4v) is 4.49. The Balaban J connectivity index is 0.00000180. The second kappa shape index (κ2) is 9.82. The van der Waals surface area contributed by atoms with Crippen LogP contribution in [0.25, 0.3) is 0 Å². The Hall–Kier alpha value is 0.900. The summed E-state index contributed by atoms with van der Waals surface area (Å²) in [5.74, 6) is 0. The molecule has 1 aliphatic rings. The van der Waals surface area contributed by atoms with Crippen molar-refractivity contribution in [3.05, 3.63) is 31.4 Å². The second-order valence-corrected chi connectivity index (χ2v) is 7.99. The highest BCUT2D eigenvalue weighted by Crippen LogP contribution is 2.39. The number of nitrogens with one attached hydrogen (secondary N) is 1. The minimum atomic E-state index is 0. The zero-order chi connectivity index (χ0) is 13.1. The molecular weight excluding hydrogens is 447 g/mol. The summed E-state index contributed by atoms with van der Waals surface area (Å²) in [7, 11) is 0. The fraction of sp³-hybridized carbons (Fsp3) is 0.538. The standard InChI is InChI=1S/C13H18Br2N2S.2ClH/c1-9(2)7-11(17-5-3-16-4-6-17)12-8-10(14)13(15)18-12;;/h8,11,16H,1,3-7H2,2H3;2*1H/t11-;;/m1../s1. The van der Waals surface area contributed by atoms with E-state index in [0.29, 0.717) is 6.04 Å². The molecule has 0 unspecified atom stereocenters. The molecule has 0 saturated carbocycles. The number of halogens is 4.